The number of hydrogen-bond donors (Lipinski definition) is 3. The maximum absolute atomic E-state index is 16.2. The Balaban J connectivity index is 0.758. The van der Waals surface area contributed by atoms with E-state index in [4.69, 9.17) is 21.4 Å². The van der Waals surface area contributed by atoms with E-state index in [9.17, 15) is 19.2 Å². The third kappa shape index (κ3) is 7.85. The zero-order chi connectivity index (χ0) is 45.4. The quantitative estimate of drug-likeness (QED) is 0.191. The molecule has 1 aliphatic carbocycles. The molecule has 16 nitrogen and oxygen atoms in total. The first-order chi connectivity index (χ1) is 31.2. The van der Waals surface area contributed by atoms with Crippen LogP contribution in [0, 0.1) is 12.3 Å². The summed E-state index contributed by atoms with van der Waals surface area (Å²) >= 11 is 6.54. The first-order valence-corrected chi connectivity index (χ1v) is 23.0. The van der Waals surface area contributed by atoms with Crippen molar-refractivity contribution in [1.82, 2.24) is 39.9 Å². The number of nitrogens with one attached hydrogen (secondary N) is 3. The molecule has 1 saturated carbocycles. The van der Waals surface area contributed by atoms with Crippen molar-refractivity contribution in [2.24, 2.45) is 5.41 Å². The first-order valence-electron chi connectivity index (χ1n) is 22.6. The van der Waals surface area contributed by atoms with Crippen LogP contribution >= 0.6 is 11.6 Å². The van der Waals surface area contributed by atoms with Gasteiger partial charge in [0.2, 0.25) is 5.91 Å². The second-order valence-corrected chi connectivity index (χ2v) is 19.0. The molecule has 65 heavy (non-hydrogen) atoms. The number of carbonyl (C=O) groups is 4. The van der Waals surface area contributed by atoms with E-state index < -0.39 is 18.0 Å². The van der Waals surface area contributed by atoms with Gasteiger partial charge in [-0.1, -0.05) is 23.7 Å². The monoisotopic (exact) mass is 913 g/mol. The van der Waals surface area contributed by atoms with Crippen LogP contribution in [-0.4, -0.2) is 144 Å². The second kappa shape index (κ2) is 16.8. The van der Waals surface area contributed by atoms with Crippen LogP contribution in [0.4, 0.5) is 36.5 Å². The fourth-order valence-electron chi connectivity index (χ4n) is 10.9. The van der Waals surface area contributed by atoms with Crippen LogP contribution in [0.1, 0.15) is 76.1 Å². The van der Waals surface area contributed by atoms with Crippen LogP contribution in [0.2, 0.25) is 5.02 Å². The molecule has 2 aromatic carbocycles. The Labute approximate surface area is 380 Å². The fraction of sp³-hybridized carbons (Fsp3) is 0.522. The summed E-state index contributed by atoms with van der Waals surface area (Å²) in [4.78, 5) is 65.1. The van der Waals surface area contributed by atoms with Crippen LogP contribution in [0.5, 0.6) is 0 Å². The smallest absolute Gasteiger partial charge is 0.328 e. The largest absolute Gasteiger partial charge is 0.385 e. The molecule has 1 spiro atoms. The number of likely N-dealkylation sites (tertiary alicyclic amines) is 3. The summed E-state index contributed by atoms with van der Waals surface area (Å²) in [5.41, 5.74) is 6.07. The number of aromatic nitrogens is 3. The number of urea groups is 1. The highest BCUT2D eigenvalue weighted by Crippen LogP contribution is 2.45. The molecule has 0 radical (unpaired) electrons. The normalized spacial score (nSPS) is 24.2. The number of amides is 5. The Morgan fingerprint density at radius 1 is 0.969 bits per heavy atom. The molecule has 5 amide bonds. The molecule has 344 valence electrons. The van der Waals surface area contributed by atoms with Crippen LogP contribution in [0.15, 0.2) is 42.6 Å². The lowest BCUT2D eigenvalue weighted by molar-refractivity contribution is -0.143. The molecular weight excluding hydrogens is 860 g/mol. The molecule has 10 rings (SSSR count). The zero-order valence-corrected chi connectivity index (χ0v) is 37.6. The number of rotatable bonds is 10. The summed E-state index contributed by atoms with van der Waals surface area (Å²) in [6.07, 6.45) is 5.96. The molecule has 0 unspecified atom stereocenters. The predicted octanol–water partition coefficient (Wildman–Crippen LogP) is 5.23. The fourth-order valence-corrected chi connectivity index (χ4v) is 11.1. The van der Waals surface area contributed by atoms with Crippen molar-refractivity contribution in [3.63, 3.8) is 0 Å². The van der Waals surface area contributed by atoms with Gasteiger partial charge in [-0.2, -0.15) is 0 Å². The minimum absolute atomic E-state index is 0.00924. The number of carbonyl (C=O) groups excluding carboxylic acids is 4. The van der Waals surface area contributed by atoms with E-state index in [1.807, 2.05) is 34.1 Å². The summed E-state index contributed by atoms with van der Waals surface area (Å²) in [6.45, 7) is 5.40. The van der Waals surface area contributed by atoms with Gasteiger partial charge < -0.3 is 25.2 Å². The van der Waals surface area contributed by atoms with Gasteiger partial charge in [0.25, 0.3) is 17.7 Å². The highest BCUT2D eigenvalue weighted by atomic mass is 35.5. The van der Waals surface area contributed by atoms with Crippen molar-refractivity contribution in [3.05, 3.63) is 75.6 Å². The van der Waals surface area contributed by atoms with Crippen LogP contribution in [0.25, 0.3) is 5.65 Å². The second-order valence-electron chi connectivity index (χ2n) is 18.6. The lowest BCUT2D eigenvalue weighted by Gasteiger charge is -2.55. The van der Waals surface area contributed by atoms with E-state index in [2.05, 4.69) is 25.8 Å². The molecule has 3 atom stereocenters. The highest BCUT2D eigenvalue weighted by Gasteiger charge is 2.52. The molecule has 0 bridgehead atoms. The number of piperidine rings is 2. The number of imide groups is 1. The van der Waals surface area contributed by atoms with E-state index in [1.54, 1.807) is 48.8 Å². The van der Waals surface area contributed by atoms with Gasteiger partial charge >= 0.3 is 6.03 Å². The van der Waals surface area contributed by atoms with Crippen molar-refractivity contribution < 1.29 is 32.7 Å². The Morgan fingerprint density at radius 3 is 2.46 bits per heavy atom. The Morgan fingerprint density at radius 2 is 1.75 bits per heavy atom. The van der Waals surface area contributed by atoms with Crippen molar-refractivity contribution >= 4 is 63.9 Å². The molecule has 5 fully saturated rings. The van der Waals surface area contributed by atoms with Crippen LogP contribution in [0.3, 0.4) is 0 Å². The summed E-state index contributed by atoms with van der Waals surface area (Å²) in [5, 5.41) is 13.9. The van der Waals surface area contributed by atoms with Gasteiger partial charge in [0.05, 0.1) is 42.3 Å². The van der Waals surface area contributed by atoms with Crippen molar-refractivity contribution in [2.75, 3.05) is 81.6 Å². The first kappa shape index (κ1) is 43.5. The number of halogens is 3. The number of fused-ring (bicyclic) bond motifs is 2. The average molecular weight is 914 g/mol. The van der Waals surface area contributed by atoms with Gasteiger partial charge in [-0.3, -0.25) is 34.4 Å². The molecule has 19 heteroatoms. The maximum atomic E-state index is 16.2. The Bertz CT molecular complexity index is 2570. The topological polar surface area (TPSA) is 160 Å². The van der Waals surface area contributed by atoms with Gasteiger partial charge in [0.1, 0.15) is 0 Å². The molecule has 7 heterocycles. The van der Waals surface area contributed by atoms with Crippen molar-refractivity contribution in [2.45, 2.75) is 82.5 Å². The van der Waals surface area contributed by atoms with Crippen molar-refractivity contribution in [3.8, 4) is 0 Å². The number of hydrogen-bond acceptors (Lipinski definition) is 11. The molecular formula is C46H54ClF2N11O5. The van der Waals surface area contributed by atoms with Crippen LogP contribution < -0.4 is 25.8 Å². The number of imidazole rings is 1. The van der Waals surface area contributed by atoms with E-state index in [1.165, 1.54) is 4.90 Å². The maximum Gasteiger partial charge on any atom is 0.328 e. The lowest BCUT2D eigenvalue weighted by Crippen LogP contribution is -2.65. The highest BCUT2D eigenvalue weighted by molar-refractivity contribution is 6.32. The molecule has 5 aliphatic heterocycles. The number of anilines is 4. The summed E-state index contributed by atoms with van der Waals surface area (Å²) < 4.78 is 39.5. The van der Waals surface area contributed by atoms with Gasteiger partial charge in [0, 0.05) is 87.6 Å². The molecule has 2 aromatic heterocycles. The van der Waals surface area contributed by atoms with Crippen LogP contribution in [-0.2, 0) is 22.5 Å². The number of alkyl halides is 2. The van der Waals surface area contributed by atoms with Gasteiger partial charge in [-0.05, 0) is 93.4 Å². The van der Waals surface area contributed by atoms with E-state index in [0.29, 0.717) is 91.2 Å². The van der Waals surface area contributed by atoms with Gasteiger partial charge in [-0.15, -0.1) is 5.10 Å². The van der Waals surface area contributed by atoms with E-state index in [-0.39, 0.29) is 54.8 Å². The van der Waals surface area contributed by atoms with E-state index >= 15 is 8.78 Å². The average Bonchev–Trinajstić information content (AvgIpc) is 3.91. The molecule has 4 saturated heterocycles. The minimum Gasteiger partial charge on any atom is -0.385 e. The molecule has 6 aliphatic rings. The van der Waals surface area contributed by atoms with E-state index in [0.717, 1.165) is 54.6 Å². The predicted molar refractivity (Wildman–Crippen MR) is 240 cm³/mol. The third-order valence-corrected chi connectivity index (χ3v) is 15.2. The minimum atomic E-state index is -2.91. The number of benzene rings is 2. The molecule has 4 aromatic rings. The molecule has 3 N–H and O–H groups in total. The number of nitrogens with zero attached hydrogens (tertiary/aromatic N) is 8. The van der Waals surface area contributed by atoms with Gasteiger partial charge in [-0.25, -0.2) is 23.1 Å². The summed E-state index contributed by atoms with van der Waals surface area (Å²) in [5.74, 6) is -3.06. The van der Waals surface area contributed by atoms with Gasteiger partial charge in [0.15, 0.2) is 17.2 Å². The van der Waals surface area contributed by atoms with Crippen molar-refractivity contribution in [1.29, 1.82) is 0 Å². The summed E-state index contributed by atoms with van der Waals surface area (Å²) in [6, 6.07) is 9.79. The standard InChI is InChI=1S/C46H54ClF2N11O5/c1-27-31(47)19-29(20-35(27)59-16-11-40(61)53-44(59)64)43(63)57-24-45(25-57)12-17-56(18-13-45)38-10-14-55(26-46(38,48)49)23-28-5-4-6-34-30(28)9-15-58(34)39-21-33(50-2)41-51-22-36(60(41)54-39)42(62)52-32-7-8-37(32)65-3/h4-6,19-22,32,37-38,50H,7-18,23-26H2,1-3H3,(H,52,62)(H,53,61,64)/t32-,37-,38+/m1/s1. The Kier molecular flexibility index (Phi) is 11.2. The number of methoxy groups -OCH3 is 1. The summed E-state index contributed by atoms with van der Waals surface area (Å²) in [7, 11) is 3.46. The SMILES string of the molecule is CNc1cc(N2CCc3c(CN4CC[C@H](N5CCC6(CC5)CN(C(=O)c5cc(Cl)c(C)c(N7CCC(=O)NC7=O)c5)C6)C(F)(F)C4)cccc32)nn2c(C(=O)N[C@@H]3CC[C@H]3OC)cnc12. The zero-order valence-electron chi connectivity index (χ0n) is 36.8. The lowest BCUT2D eigenvalue weighted by atomic mass is 9.71. The Hall–Kier alpha value is -5.43. The third-order valence-electron chi connectivity index (χ3n) is 14.8. The number of ether oxygens (including phenoxy) is 1.